The highest BCUT2D eigenvalue weighted by Gasteiger charge is 2.28. The van der Waals surface area contributed by atoms with E-state index in [1.165, 1.54) is 17.8 Å². The van der Waals surface area contributed by atoms with E-state index < -0.39 is 17.2 Å². The maximum Gasteiger partial charge on any atom is 0.260 e. The summed E-state index contributed by atoms with van der Waals surface area (Å²) in [5.41, 5.74) is 5.68. The molecule has 1 heterocycles. The van der Waals surface area contributed by atoms with Crippen LogP contribution in [0.2, 0.25) is 0 Å². The summed E-state index contributed by atoms with van der Waals surface area (Å²) in [4.78, 5) is 23.9. The van der Waals surface area contributed by atoms with Crippen LogP contribution in [-0.2, 0) is 9.59 Å². The van der Waals surface area contributed by atoms with Crippen LogP contribution in [0.4, 0.5) is 10.1 Å². The van der Waals surface area contributed by atoms with Gasteiger partial charge in [-0.15, -0.1) is 0 Å². The Morgan fingerprint density at radius 2 is 2.13 bits per heavy atom. The van der Waals surface area contributed by atoms with Gasteiger partial charge in [0.1, 0.15) is 5.82 Å². The van der Waals surface area contributed by atoms with Crippen molar-refractivity contribution in [3.8, 4) is 11.5 Å². The predicted octanol–water partition coefficient (Wildman–Crippen LogP) is 3.29. The van der Waals surface area contributed by atoms with Crippen molar-refractivity contribution in [2.75, 3.05) is 18.5 Å². The van der Waals surface area contributed by atoms with Gasteiger partial charge in [-0.05, 0) is 65.4 Å². The quantitative estimate of drug-likeness (QED) is 0.349. The fourth-order valence-corrected chi connectivity index (χ4v) is 4.41. The molecule has 0 saturated carbocycles. The number of hydrogen-bond acceptors (Lipinski definition) is 6. The van der Waals surface area contributed by atoms with Gasteiger partial charge in [0.15, 0.2) is 23.6 Å². The average Bonchev–Trinajstić information content (AvgIpc) is 3.02. The number of hydrogen-bond donors (Lipinski definition) is 3. The Hall–Kier alpha value is -2.47. The van der Waals surface area contributed by atoms with Gasteiger partial charge in [-0.25, -0.2) is 4.39 Å². The van der Waals surface area contributed by atoms with E-state index >= 15 is 0 Å². The van der Waals surface area contributed by atoms with Crippen LogP contribution in [0.5, 0.6) is 11.5 Å². The number of rotatable bonds is 8. The van der Waals surface area contributed by atoms with E-state index in [1.54, 1.807) is 36.4 Å². The van der Waals surface area contributed by atoms with E-state index in [9.17, 15) is 14.0 Å². The van der Waals surface area contributed by atoms with Crippen LogP contribution >= 0.6 is 34.4 Å². The zero-order valence-corrected chi connectivity index (χ0v) is 18.9. The largest absolute Gasteiger partial charge is 0.490 e. The molecular weight excluding hydrogens is 524 g/mol. The van der Waals surface area contributed by atoms with Gasteiger partial charge >= 0.3 is 0 Å². The minimum atomic E-state index is -0.591. The first-order chi connectivity index (χ1) is 14.4. The molecule has 30 heavy (non-hydrogen) atoms. The highest BCUT2D eigenvalue weighted by molar-refractivity contribution is 14.1. The maximum atomic E-state index is 13.8. The van der Waals surface area contributed by atoms with Gasteiger partial charge in [-0.1, -0.05) is 23.9 Å². The third-order valence-corrected chi connectivity index (χ3v) is 5.71. The Kier molecular flexibility index (Phi) is 7.43. The normalized spacial score (nSPS) is 17.0. The molecule has 2 aromatic carbocycles. The highest BCUT2D eigenvalue weighted by Crippen LogP contribution is 2.37. The van der Waals surface area contributed by atoms with Crippen molar-refractivity contribution in [2.24, 2.45) is 5.73 Å². The molecule has 4 N–H and O–H groups in total. The van der Waals surface area contributed by atoms with Gasteiger partial charge in [0.2, 0.25) is 0 Å². The summed E-state index contributed by atoms with van der Waals surface area (Å²) in [6.45, 7) is 1.96. The zero-order valence-electron chi connectivity index (χ0n) is 15.9. The highest BCUT2D eigenvalue weighted by atomic mass is 127. The summed E-state index contributed by atoms with van der Waals surface area (Å²) in [5, 5.41) is 5.73. The van der Waals surface area contributed by atoms with Crippen molar-refractivity contribution in [2.45, 2.75) is 12.4 Å². The van der Waals surface area contributed by atoms with Crippen LogP contribution in [0.3, 0.4) is 0 Å². The van der Waals surface area contributed by atoms with Crippen LogP contribution in [0.25, 0.3) is 6.08 Å². The number of ether oxygens (including phenoxy) is 2. The molecule has 2 aromatic rings. The number of thioether (sulfide) groups is 1. The van der Waals surface area contributed by atoms with Crippen molar-refractivity contribution in [3.05, 3.63) is 56.3 Å². The number of halogens is 2. The number of amides is 2. The molecular formula is C20H19FIN3O4S. The van der Waals surface area contributed by atoms with Crippen molar-refractivity contribution >= 4 is 57.9 Å². The fourth-order valence-electron chi connectivity index (χ4n) is 2.65. The molecule has 0 spiro atoms. The molecule has 10 heteroatoms. The third-order valence-electron chi connectivity index (χ3n) is 3.88. The summed E-state index contributed by atoms with van der Waals surface area (Å²) in [7, 11) is 0. The summed E-state index contributed by atoms with van der Waals surface area (Å²) >= 11 is 3.31. The van der Waals surface area contributed by atoms with Crippen molar-refractivity contribution < 1.29 is 23.5 Å². The molecule has 7 nitrogen and oxygen atoms in total. The minimum absolute atomic E-state index is 0.266. The molecule has 0 aliphatic carbocycles. The second-order valence-corrected chi connectivity index (χ2v) is 8.43. The van der Waals surface area contributed by atoms with E-state index in [0.717, 1.165) is 5.56 Å². The fraction of sp³-hybridized carbons (Fsp3) is 0.200. The third kappa shape index (κ3) is 5.57. The Morgan fingerprint density at radius 1 is 1.37 bits per heavy atom. The number of anilines is 1. The summed E-state index contributed by atoms with van der Waals surface area (Å²) in [6.07, 6.45) is 1.71. The van der Waals surface area contributed by atoms with Crippen LogP contribution in [0.15, 0.2) is 41.3 Å². The first-order valence-corrected chi connectivity index (χ1v) is 10.9. The smallest absolute Gasteiger partial charge is 0.260 e. The van der Waals surface area contributed by atoms with Crippen LogP contribution in [-0.4, -0.2) is 30.5 Å². The molecule has 158 valence electrons. The van der Waals surface area contributed by atoms with Gasteiger partial charge in [0, 0.05) is 0 Å². The van der Waals surface area contributed by atoms with Crippen LogP contribution in [0, 0.1) is 9.39 Å². The molecule has 1 atom stereocenters. The van der Waals surface area contributed by atoms with Gasteiger partial charge in [0.25, 0.3) is 11.8 Å². The topological polar surface area (TPSA) is 103 Å². The van der Waals surface area contributed by atoms with Gasteiger partial charge in [0.05, 0.1) is 20.8 Å². The summed E-state index contributed by atoms with van der Waals surface area (Å²) in [5.74, 6) is -0.391. The lowest BCUT2D eigenvalue weighted by molar-refractivity contribution is -0.120. The standard InChI is InChI=1S/C20H19FIN3O4S/c1-2-28-15-8-11(7-13(22)18(15)29-10-17(23)26)9-16-19(27)25-20(30-16)24-14-6-4-3-5-12(14)21/h3-9,20,24H,2,10H2,1H3,(H2,23,26)(H,25,27)/b16-9-. The number of benzene rings is 2. The minimum Gasteiger partial charge on any atom is -0.490 e. The molecule has 1 unspecified atom stereocenters. The second-order valence-electron chi connectivity index (χ2n) is 6.12. The van der Waals surface area contributed by atoms with E-state index in [4.69, 9.17) is 15.2 Å². The maximum absolute atomic E-state index is 13.8. The number of nitrogens with two attached hydrogens (primary N) is 1. The summed E-state index contributed by atoms with van der Waals surface area (Å²) in [6, 6.07) is 9.78. The second kappa shape index (κ2) is 10.0. The SMILES string of the molecule is CCOc1cc(/C=C2\SC(Nc3ccccc3F)NC2=O)cc(I)c1OCC(N)=O. The Bertz CT molecular complexity index is 1000. The number of carbonyl (C=O) groups is 2. The molecule has 3 rings (SSSR count). The Morgan fingerprint density at radius 3 is 2.83 bits per heavy atom. The number of primary amides is 1. The molecule has 0 bridgehead atoms. The first-order valence-electron chi connectivity index (χ1n) is 8.95. The van der Waals surface area contributed by atoms with E-state index in [0.29, 0.717) is 32.3 Å². The van der Waals surface area contributed by atoms with E-state index in [2.05, 4.69) is 33.2 Å². The number of nitrogens with one attached hydrogen (secondary N) is 2. The van der Waals surface area contributed by atoms with Crippen molar-refractivity contribution in [1.29, 1.82) is 0 Å². The first kappa shape index (κ1) is 22.2. The zero-order chi connectivity index (χ0) is 21.7. The molecule has 0 radical (unpaired) electrons. The molecule has 1 fully saturated rings. The average molecular weight is 543 g/mol. The van der Waals surface area contributed by atoms with Crippen LogP contribution in [0.1, 0.15) is 12.5 Å². The lowest BCUT2D eigenvalue weighted by Crippen LogP contribution is -2.31. The number of carbonyl (C=O) groups excluding carboxylic acids is 2. The van der Waals surface area contributed by atoms with Gasteiger partial charge < -0.3 is 25.8 Å². The van der Waals surface area contributed by atoms with E-state index in [-0.39, 0.29) is 12.5 Å². The lowest BCUT2D eigenvalue weighted by Gasteiger charge is -2.14. The molecule has 0 aromatic heterocycles. The van der Waals surface area contributed by atoms with Crippen molar-refractivity contribution in [3.63, 3.8) is 0 Å². The molecule has 1 aliphatic rings. The van der Waals surface area contributed by atoms with E-state index in [1.807, 2.05) is 6.92 Å². The number of para-hydroxylation sites is 1. The molecule has 1 saturated heterocycles. The predicted molar refractivity (Wildman–Crippen MR) is 123 cm³/mol. The summed E-state index contributed by atoms with van der Waals surface area (Å²) < 4.78 is 25.6. The van der Waals surface area contributed by atoms with Crippen LogP contribution < -0.4 is 25.8 Å². The Labute approximate surface area is 190 Å². The molecule has 2 amide bonds. The molecule has 1 aliphatic heterocycles. The van der Waals surface area contributed by atoms with Crippen molar-refractivity contribution in [1.82, 2.24) is 5.32 Å². The van der Waals surface area contributed by atoms with Gasteiger partial charge in [-0.3, -0.25) is 9.59 Å². The Balaban J connectivity index is 1.80. The van der Waals surface area contributed by atoms with Gasteiger partial charge in [-0.2, -0.15) is 0 Å². The lowest BCUT2D eigenvalue weighted by atomic mass is 10.2. The monoisotopic (exact) mass is 543 g/mol.